The number of H-pyrrole nitrogens is 1. The zero-order chi connectivity index (χ0) is 14.9. The summed E-state index contributed by atoms with van der Waals surface area (Å²) in [5.41, 5.74) is -0.874. The minimum atomic E-state index is -4.42. The molecular formula is C13H11F3N2O2. The normalized spacial score (nSPS) is 11.6. The van der Waals surface area contributed by atoms with E-state index in [-0.39, 0.29) is 17.0 Å². The fourth-order valence-electron chi connectivity index (χ4n) is 1.76. The smallest absolute Gasteiger partial charge is 0.416 e. The molecule has 1 aromatic heterocycles. The SMILES string of the molecule is CCc1c(O)nc(-c2ccc(C(F)(F)F)cc2)[nH]c1=O. The molecular weight excluding hydrogens is 273 g/mol. The van der Waals surface area contributed by atoms with Gasteiger partial charge in [0.15, 0.2) is 0 Å². The van der Waals surface area contributed by atoms with E-state index < -0.39 is 23.2 Å². The number of alkyl halides is 3. The number of halogens is 3. The molecule has 0 unspecified atom stereocenters. The summed E-state index contributed by atoms with van der Waals surface area (Å²) in [7, 11) is 0. The molecule has 0 fully saturated rings. The molecule has 2 rings (SSSR count). The Morgan fingerprint density at radius 1 is 1.25 bits per heavy atom. The summed E-state index contributed by atoms with van der Waals surface area (Å²) in [6.45, 7) is 1.68. The molecule has 0 saturated carbocycles. The summed E-state index contributed by atoms with van der Waals surface area (Å²) in [6, 6.07) is 4.15. The van der Waals surface area contributed by atoms with Crippen molar-refractivity contribution in [3.05, 3.63) is 45.7 Å². The van der Waals surface area contributed by atoms with E-state index in [1.807, 2.05) is 0 Å². The van der Waals surface area contributed by atoms with Gasteiger partial charge in [-0.15, -0.1) is 0 Å². The molecule has 106 valence electrons. The van der Waals surface area contributed by atoms with Crippen molar-refractivity contribution in [1.29, 1.82) is 0 Å². The summed E-state index contributed by atoms with van der Waals surface area (Å²) in [4.78, 5) is 17.9. The first-order chi connectivity index (χ1) is 9.32. The van der Waals surface area contributed by atoms with Crippen molar-refractivity contribution in [1.82, 2.24) is 9.97 Å². The molecule has 0 spiro atoms. The van der Waals surface area contributed by atoms with E-state index in [2.05, 4.69) is 9.97 Å². The fraction of sp³-hybridized carbons (Fsp3) is 0.231. The standard InChI is InChI=1S/C13H11F3N2O2/c1-2-9-11(19)17-10(18-12(9)20)7-3-5-8(6-4-7)13(14,15)16/h3-6H,2H2,1H3,(H2,17,18,19,20). The summed E-state index contributed by atoms with van der Waals surface area (Å²) < 4.78 is 37.3. The van der Waals surface area contributed by atoms with Gasteiger partial charge >= 0.3 is 6.18 Å². The summed E-state index contributed by atoms with van der Waals surface area (Å²) in [5.74, 6) is -0.385. The number of hydrogen-bond acceptors (Lipinski definition) is 3. The quantitative estimate of drug-likeness (QED) is 0.891. The number of hydrogen-bond donors (Lipinski definition) is 2. The number of aromatic nitrogens is 2. The maximum atomic E-state index is 12.4. The van der Waals surface area contributed by atoms with E-state index in [9.17, 15) is 23.1 Å². The lowest BCUT2D eigenvalue weighted by Crippen LogP contribution is -2.14. The van der Waals surface area contributed by atoms with Gasteiger partial charge < -0.3 is 10.1 Å². The van der Waals surface area contributed by atoms with Crippen LogP contribution < -0.4 is 5.56 Å². The number of rotatable bonds is 2. The number of nitrogens with zero attached hydrogens (tertiary/aromatic N) is 1. The first kappa shape index (κ1) is 14.1. The van der Waals surface area contributed by atoms with Gasteiger partial charge in [0.05, 0.1) is 11.1 Å². The van der Waals surface area contributed by atoms with E-state index in [1.165, 1.54) is 12.1 Å². The summed E-state index contributed by atoms with van der Waals surface area (Å²) >= 11 is 0. The molecule has 0 atom stereocenters. The third-order valence-corrected chi connectivity index (χ3v) is 2.83. The molecule has 0 aliphatic heterocycles. The Balaban J connectivity index is 2.45. The van der Waals surface area contributed by atoms with E-state index in [0.717, 1.165) is 12.1 Å². The van der Waals surface area contributed by atoms with Crippen LogP contribution in [0.3, 0.4) is 0 Å². The van der Waals surface area contributed by atoms with Crippen molar-refractivity contribution in [2.24, 2.45) is 0 Å². The van der Waals surface area contributed by atoms with Gasteiger partial charge in [-0.25, -0.2) is 0 Å². The van der Waals surface area contributed by atoms with Crippen molar-refractivity contribution in [3.8, 4) is 17.3 Å². The minimum absolute atomic E-state index is 0.0263. The van der Waals surface area contributed by atoms with Gasteiger partial charge in [-0.1, -0.05) is 19.1 Å². The highest BCUT2D eigenvalue weighted by Crippen LogP contribution is 2.30. The van der Waals surface area contributed by atoms with Gasteiger partial charge in [0, 0.05) is 5.56 Å². The summed E-state index contributed by atoms with van der Waals surface area (Å²) in [5, 5.41) is 9.61. The average molecular weight is 284 g/mol. The fourth-order valence-corrected chi connectivity index (χ4v) is 1.76. The van der Waals surface area contributed by atoms with E-state index in [0.29, 0.717) is 6.42 Å². The van der Waals surface area contributed by atoms with Gasteiger partial charge in [0.1, 0.15) is 5.82 Å². The monoisotopic (exact) mass is 284 g/mol. The average Bonchev–Trinajstić information content (AvgIpc) is 2.37. The van der Waals surface area contributed by atoms with E-state index in [4.69, 9.17) is 0 Å². The Morgan fingerprint density at radius 3 is 2.30 bits per heavy atom. The lowest BCUT2D eigenvalue weighted by atomic mass is 10.1. The van der Waals surface area contributed by atoms with Crippen LogP contribution in [0.4, 0.5) is 13.2 Å². The van der Waals surface area contributed by atoms with Crippen molar-refractivity contribution >= 4 is 0 Å². The second-order valence-electron chi connectivity index (χ2n) is 4.15. The highest BCUT2D eigenvalue weighted by atomic mass is 19.4. The van der Waals surface area contributed by atoms with Crippen molar-refractivity contribution < 1.29 is 18.3 Å². The number of nitrogens with one attached hydrogen (secondary N) is 1. The van der Waals surface area contributed by atoms with Crippen molar-refractivity contribution in [3.63, 3.8) is 0 Å². The van der Waals surface area contributed by atoms with Gasteiger partial charge in [-0.2, -0.15) is 18.2 Å². The van der Waals surface area contributed by atoms with Crippen LogP contribution in [0.1, 0.15) is 18.1 Å². The zero-order valence-electron chi connectivity index (χ0n) is 10.5. The molecule has 20 heavy (non-hydrogen) atoms. The van der Waals surface area contributed by atoms with Crippen LogP contribution in [0.2, 0.25) is 0 Å². The molecule has 0 aliphatic rings. The second-order valence-corrected chi connectivity index (χ2v) is 4.15. The van der Waals surface area contributed by atoms with Gasteiger partial charge in [-0.3, -0.25) is 4.79 Å². The second kappa shape index (κ2) is 4.99. The predicted molar refractivity (Wildman–Crippen MR) is 66.3 cm³/mol. The Bertz CT molecular complexity index is 675. The number of aromatic hydroxyl groups is 1. The molecule has 7 heteroatoms. The summed E-state index contributed by atoms with van der Waals surface area (Å²) in [6.07, 6.45) is -4.12. The van der Waals surface area contributed by atoms with Crippen LogP contribution in [-0.2, 0) is 12.6 Å². The van der Waals surface area contributed by atoms with Crippen molar-refractivity contribution in [2.45, 2.75) is 19.5 Å². The molecule has 0 aliphatic carbocycles. The van der Waals surface area contributed by atoms with Crippen LogP contribution in [-0.4, -0.2) is 15.1 Å². The highest BCUT2D eigenvalue weighted by molar-refractivity contribution is 5.56. The Morgan fingerprint density at radius 2 is 1.85 bits per heavy atom. The third kappa shape index (κ3) is 2.66. The van der Waals surface area contributed by atoms with Crippen LogP contribution in [0, 0.1) is 0 Å². The molecule has 2 aromatic rings. The Hall–Kier alpha value is -2.31. The number of aromatic amines is 1. The highest BCUT2D eigenvalue weighted by Gasteiger charge is 2.30. The van der Waals surface area contributed by atoms with Gasteiger partial charge in [0.25, 0.3) is 5.56 Å². The molecule has 0 saturated heterocycles. The first-order valence-corrected chi connectivity index (χ1v) is 5.82. The van der Waals surface area contributed by atoms with Crippen LogP contribution in [0.25, 0.3) is 11.4 Å². The largest absolute Gasteiger partial charge is 0.493 e. The lowest BCUT2D eigenvalue weighted by Gasteiger charge is -2.08. The number of benzene rings is 1. The molecule has 0 bridgehead atoms. The van der Waals surface area contributed by atoms with Crippen LogP contribution >= 0.6 is 0 Å². The zero-order valence-corrected chi connectivity index (χ0v) is 10.5. The van der Waals surface area contributed by atoms with Gasteiger partial charge in [0.2, 0.25) is 5.88 Å². The maximum absolute atomic E-state index is 12.4. The Kier molecular flexibility index (Phi) is 3.52. The molecule has 0 amide bonds. The van der Waals surface area contributed by atoms with E-state index >= 15 is 0 Å². The molecule has 1 heterocycles. The molecule has 4 nitrogen and oxygen atoms in total. The molecule has 1 aromatic carbocycles. The third-order valence-electron chi connectivity index (χ3n) is 2.83. The van der Waals surface area contributed by atoms with Crippen LogP contribution in [0.15, 0.2) is 29.1 Å². The lowest BCUT2D eigenvalue weighted by molar-refractivity contribution is -0.137. The Labute approximate surface area is 111 Å². The van der Waals surface area contributed by atoms with Gasteiger partial charge in [-0.05, 0) is 18.6 Å². The molecule has 2 N–H and O–H groups in total. The van der Waals surface area contributed by atoms with E-state index in [1.54, 1.807) is 6.92 Å². The topological polar surface area (TPSA) is 66.0 Å². The van der Waals surface area contributed by atoms with Crippen molar-refractivity contribution in [2.75, 3.05) is 0 Å². The molecule has 0 radical (unpaired) electrons. The van der Waals surface area contributed by atoms with Crippen LogP contribution in [0.5, 0.6) is 5.88 Å². The first-order valence-electron chi connectivity index (χ1n) is 5.82. The maximum Gasteiger partial charge on any atom is 0.416 e. The minimum Gasteiger partial charge on any atom is -0.493 e. The predicted octanol–water partition coefficient (Wildman–Crippen LogP) is 2.72.